The minimum atomic E-state index is -0.733. The van der Waals surface area contributed by atoms with E-state index in [-0.39, 0.29) is 30.1 Å². The van der Waals surface area contributed by atoms with Crippen LogP contribution in [-0.2, 0) is 9.59 Å². The highest BCUT2D eigenvalue weighted by atomic mass is 79.9. The molecule has 1 aliphatic heterocycles. The third-order valence-corrected chi connectivity index (χ3v) is 8.07. The van der Waals surface area contributed by atoms with Crippen LogP contribution in [0.1, 0.15) is 64.9 Å². The van der Waals surface area contributed by atoms with Gasteiger partial charge < -0.3 is 9.64 Å². The molecule has 2 aromatic carbocycles. The van der Waals surface area contributed by atoms with E-state index in [1.165, 1.54) is 18.2 Å². The zero-order valence-electron chi connectivity index (χ0n) is 21.7. The third-order valence-electron chi connectivity index (χ3n) is 7.57. The van der Waals surface area contributed by atoms with Gasteiger partial charge in [0, 0.05) is 51.3 Å². The van der Waals surface area contributed by atoms with E-state index in [9.17, 15) is 9.59 Å². The Labute approximate surface area is 224 Å². The van der Waals surface area contributed by atoms with E-state index in [1.54, 1.807) is 18.1 Å². The van der Waals surface area contributed by atoms with Crippen LogP contribution < -0.4 is 9.64 Å². The van der Waals surface area contributed by atoms with Crippen molar-refractivity contribution in [1.29, 1.82) is 0 Å². The molecular weight excluding hydrogens is 540 g/mol. The zero-order chi connectivity index (χ0) is 26.9. The van der Waals surface area contributed by atoms with Crippen LogP contribution in [0, 0.1) is 22.5 Å². The van der Waals surface area contributed by atoms with Crippen molar-refractivity contribution in [3.05, 3.63) is 80.6 Å². The van der Waals surface area contributed by atoms with Gasteiger partial charge in [-0.2, -0.15) is 0 Å². The molecular formula is C30H30BrF2NO3. The molecule has 3 aliphatic rings. The van der Waals surface area contributed by atoms with Crippen LogP contribution in [0.2, 0.25) is 0 Å². The zero-order valence-corrected chi connectivity index (χ0v) is 23.3. The number of allylic oxidation sites excluding steroid dienone is 4. The minimum Gasteiger partial charge on any atom is -0.496 e. The highest BCUT2D eigenvalue weighted by Crippen LogP contribution is 2.57. The number of para-hydroxylation sites is 1. The first-order valence-electron chi connectivity index (χ1n) is 12.4. The van der Waals surface area contributed by atoms with E-state index in [2.05, 4.69) is 15.9 Å². The van der Waals surface area contributed by atoms with Gasteiger partial charge in [-0.05, 0) is 54.0 Å². The maximum atomic E-state index is 15.4. The van der Waals surface area contributed by atoms with Crippen molar-refractivity contribution in [2.75, 3.05) is 12.0 Å². The standard InChI is InChI=1S/C30H30BrF2NO3/c1-29(2)12-20-26(22(35)14-29)25(17-11-16(31)9-10-24(17)37-5)27-21(13-30(3,4)15-23(27)36)34(20)28-18(32)7-6-8-19(28)33/h6-11,25H,12-15H2,1-5H3. The molecule has 2 aromatic rings. The lowest BCUT2D eigenvalue weighted by Crippen LogP contribution is -2.45. The Hall–Kier alpha value is -2.80. The van der Waals surface area contributed by atoms with Gasteiger partial charge in [-0.25, -0.2) is 8.78 Å². The van der Waals surface area contributed by atoms with E-state index < -0.39 is 28.4 Å². The molecule has 0 unspecified atom stereocenters. The Morgan fingerprint density at radius 2 is 1.38 bits per heavy atom. The number of nitrogens with zero attached hydrogens (tertiary/aromatic N) is 1. The Morgan fingerprint density at radius 3 is 1.86 bits per heavy atom. The van der Waals surface area contributed by atoms with Crippen molar-refractivity contribution in [2.24, 2.45) is 10.8 Å². The summed E-state index contributed by atoms with van der Waals surface area (Å²) in [4.78, 5) is 29.4. The number of carbonyl (C=O) groups is 2. The molecule has 4 nitrogen and oxygen atoms in total. The van der Waals surface area contributed by atoms with Crippen LogP contribution in [0.15, 0.2) is 63.4 Å². The lowest BCUT2D eigenvalue weighted by Gasteiger charge is -2.49. The number of benzene rings is 2. The summed E-state index contributed by atoms with van der Waals surface area (Å²) >= 11 is 3.54. The summed E-state index contributed by atoms with van der Waals surface area (Å²) in [5.41, 5.74) is 1.56. The number of ketones is 2. The number of methoxy groups -OCH3 is 1. The summed E-state index contributed by atoms with van der Waals surface area (Å²) in [6.07, 6.45) is 1.41. The summed E-state index contributed by atoms with van der Waals surface area (Å²) < 4.78 is 37.3. The average molecular weight is 570 g/mol. The fourth-order valence-corrected chi connectivity index (χ4v) is 6.56. The molecule has 2 aliphatic carbocycles. The van der Waals surface area contributed by atoms with Crippen molar-refractivity contribution in [3.63, 3.8) is 0 Å². The van der Waals surface area contributed by atoms with E-state index in [0.29, 0.717) is 46.7 Å². The van der Waals surface area contributed by atoms with Crippen LogP contribution in [0.4, 0.5) is 14.5 Å². The molecule has 0 spiro atoms. The van der Waals surface area contributed by atoms with Crippen LogP contribution in [0.25, 0.3) is 0 Å². The summed E-state index contributed by atoms with van der Waals surface area (Å²) in [6.45, 7) is 7.94. The highest BCUT2D eigenvalue weighted by molar-refractivity contribution is 9.10. The van der Waals surface area contributed by atoms with Gasteiger partial charge in [0.2, 0.25) is 0 Å². The molecule has 7 heteroatoms. The minimum absolute atomic E-state index is 0.121. The highest BCUT2D eigenvalue weighted by Gasteiger charge is 2.50. The molecule has 0 amide bonds. The summed E-state index contributed by atoms with van der Waals surface area (Å²) in [6, 6.07) is 9.27. The number of ether oxygens (including phenoxy) is 1. The molecule has 37 heavy (non-hydrogen) atoms. The lowest BCUT2D eigenvalue weighted by atomic mass is 9.63. The van der Waals surface area contributed by atoms with Crippen molar-refractivity contribution in [1.82, 2.24) is 0 Å². The molecule has 0 radical (unpaired) electrons. The predicted octanol–water partition coefficient (Wildman–Crippen LogP) is 7.63. The van der Waals surface area contributed by atoms with E-state index >= 15 is 8.78 Å². The normalized spacial score (nSPS) is 21.2. The van der Waals surface area contributed by atoms with Gasteiger partial charge >= 0.3 is 0 Å². The second kappa shape index (κ2) is 8.90. The molecule has 194 valence electrons. The first kappa shape index (κ1) is 25.8. The monoisotopic (exact) mass is 569 g/mol. The topological polar surface area (TPSA) is 46.6 Å². The number of halogens is 3. The van der Waals surface area contributed by atoms with Gasteiger partial charge in [0.15, 0.2) is 11.6 Å². The van der Waals surface area contributed by atoms with Crippen molar-refractivity contribution in [2.45, 2.75) is 59.3 Å². The quantitative estimate of drug-likeness (QED) is 0.381. The SMILES string of the molecule is COc1ccc(Br)cc1C1C2=C(CC(C)(C)CC2=O)N(c2c(F)cccc2F)C2=C1C(=O)CC(C)(C)C2. The van der Waals surface area contributed by atoms with Gasteiger partial charge in [0.25, 0.3) is 0 Å². The van der Waals surface area contributed by atoms with Crippen LogP contribution >= 0.6 is 15.9 Å². The number of hydrogen-bond acceptors (Lipinski definition) is 4. The van der Waals surface area contributed by atoms with Gasteiger partial charge in [0.1, 0.15) is 23.1 Å². The van der Waals surface area contributed by atoms with Crippen LogP contribution in [0.5, 0.6) is 5.75 Å². The first-order valence-corrected chi connectivity index (χ1v) is 13.2. The molecule has 0 saturated heterocycles. The van der Waals surface area contributed by atoms with E-state index in [0.717, 1.165) is 4.47 Å². The summed E-state index contributed by atoms with van der Waals surface area (Å²) in [7, 11) is 1.55. The van der Waals surface area contributed by atoms with Gasteiger partial charge in [0.05, 0.1) is 7.11 Å². The maximum Gasteiger partial charge on any atom is 0.162 e. The number of carbonyl (C=O) groups excluding carboxylic acids is 2. The van der Waals surface area contributed by atoms with Crippen LogP contribution in [0.3, 0.4) is 0 Å². The Morgan fingerprint density at radius 1 is 0.865 bits per heavy atom. The van der Waals surface area contributed by atoms with Crippen molar-refractivity contribution >= 4 is 33.2 Å². The van der Waals surface area contributed by atoms with Crippen LogP contribution in [-0.4, -0.2) is 18.7 Å². The largest absolute Gasteiger partial charge is 0.496 e. The first-order chi connectivity index (χ1) is 17.3. The Balaban J connectivity index is 1.91. The molecule has 0 N–H and O–H groups in total. The summed E-state index contributed by atoms with van der Waals surface area (Å²) in [5, 5.41) is 0. The molecule has 0 bridgehead atoms. The lowest BCUT2D eigenvalue weighted by molar-refractivity contribution is -0.119. The van der Waals surface area contributed by atoms with E-state index in [4.69, 9.17) is 4.74 Å². The third kappa shape index (κ3) is 4.35. The molecule has 1 heterocycles. The Bertz CT molecular complexity index is 1330. The fraction of sp³-hybridized carbons (Fsp3) is 0.400. The molecule has 5 rings (SSSR count). The van der Waals surface area contributed by atoms with Gasteiger partial charge in [-0.3, -0.25) is 9.59 Å². The van der Waals surface area contributed by atoms with Crippen molar-refractivity contribution in [3.8, 4) is 5.75 Å². The van der Waals surface area contributed by atoms with Crippen molar-refractivity contribution < 1.29 is 23.1 Å². The van der Waals surface area contributed by atoms with E-state index in [1.807, 2.05) is 39.8 Å². The molecule has 0 saturated carbocycles. The molecule has 0 atom stereocenters. The second-order valence-corrected chi connectivity index (χ2v) is 12.7. The second-order valence-electron chi connectivity index (χ2n) is 11.8. The average Bonchev–Trinajstić information content (AvgIpc) is 2.77. The number of hydrogen-bond donors (Lipinski definition) is 0. The van der Waals surface area contributed by atoms with Gasteiger partial charge in [-0.1, -0.05) is 49.7 Å². The number of Topliss-reactive ketones (excluding diaryl/α,β-unsaturated/α-hetero) is 2. The Kier molecular flexibility index (Phi) is 6.21. The molecule has 0 aromatic heterocycles. The molecule has 0 fully saturated rings. The number of rotatable bonds is 3. The maximum absolute atomic E-state index is 15.4. The summed E-state index contributed by atoms with van der Waals surface area (Å²) in [5.74, 6) is -1.84. The number of anilines is 1. The predicted molar refractivity (Wildman–Crippen MR) is 142 cm³/mol. The smallest absolute Gasteiger partial charge is 0.162 e. The fourth-order valence-electron chi connectivity index (χ4n) is 6.18. The van der Waals surface area contributed by atoms with Gasteiger partial charge in [-0.15, -0.1) is 0 Å².